The Balaban J connectivity index is 2.91. The Morgan fingerprint density at radius 1 is 1.35 bits per heavy atom. The SMILES string of the molecule is C/C=C/CS(=O)(=O)[C@@H](C)c1nc(C(C)C)no1. The van der Waals surface area contributed by atoms with Gasteiger partial charge in [-0.05, 0) is 13.8 Å². The molecule has 0 saturated heterocycles. The maximum Gasteiger partial charge on any atom is 0.244 e. The number of rotatable bonds is 5. The van der Waals surface area contributed by atoms with E-state index >= 15 is 0 Å². The highest BCUT2D eigenvalue weighted by molar-refractivity contribution is 7.91. The van der Waals surface area contributed by atoms with Crippen LogP contribution in [0.2, 0.25) is 0 Å². The van der Waals surface area contributed by atoms with Crippen molar-refractivity contribution in [1.29, 1.82) is 0 Å². The van der Waals surface area contributed by atoms with Crippen molar-refractivity contribution in [2.45, 2.75) is 38.9 Å². The lowest BCUT2D eigenvalue weighted by Crippen LogP contribution is -2.13. The Kier molecular flexibility index (Phi) is 4.45. The molecular weight excluding hydrogens is 240 g/mol. The number of hydrogen-bond donors (Lipinski definition) is 0. The van der Waals surface area contributed by atoms with Gasteiger partial charge < -0.3 is 4.52 Å². The Bertz CT molecular complexity index is 489. The smallest absolute Gasteiger partial charge is 0.244 e. The Labute approximate surface area is 102 Å². The third-order valence-corrected chi connectivity index (χ3v) is 4.36. The minimum atomic E-state index is -3.27. The molecule has 5 nitrogen and oxygen atoms in total. The average molecular weight is 258 g/mol. The zero-order chi connectivity index (χ0) is 13.1. The summed E-state index contributed by atoms with van der Waals surface area (Å²) >= 11 is 0. The quantitative estimate of drug-likeness (QED) is 0.757. The van der Waals surface area contributed by atoms with Gasteiger partial charge >= 0.3 is 0 Å². The molecule has 17 heavy (non-hydrogen) atoms. The van der Waals surface area contributed by atoms with Gasteiger partial charge in [0, 0.05) is 5.92 Å². The van der Waals surface area contributed by atoms with E-state index < -0.39 is 15.1 Å². The maximum atomic E-state index is 11.9. The topological polar surface area (TPSA) is 73.1 Å². The number of allylic oxidation sites excluding steroid dienone is 1. The van der Waals surface area contributed by atoms with E-state index in [0.717, 1.165) is 0 Å². The van der Waals surface area contributed by atoms with Crippen molar-refractivity contribution in [3.05, 3.63) is 23.9 Å². The molecule has 1 aromatic rings. The first-order chi connectivity index (χ1) is 7.88. The van der Waals surface area contributed by atoms with Crippen LogP contribution in [-0.4, -0.2) is 24.3 Å². The Morgan fingerprint density at radius 2 is 2.00 bits per heavy atom. The van der Waals surface area contributed by atoms with Gasteiger partial charge in [0.15, 0.2) is 15.7 Å². The molecule has 0 radical (unpaired) electrons. The van der Waals surface area contributed by atoms with E-state index in [-0.39, 0.29) is 17.6 Å². The van der Waals surface area contributed by atoms with E-state index in [9.17, 15) is 8.42 Å². The van der Waals surface area contributed by atoms with Gasteiger partial charge in [0.25, 0.3) is 0 Å². The summed E-state index contributed by atoms with van der Waals surface area (Å²) in [5, 5.41) is 3.00. The molecule has 0 spiro atoms. The van der Waals surface area contributed by atoms with Gasteiger partial charge in [-0.3, -0.25) is 0 Å². The van der Waals surface area contributed by atoms with E-state index in [1.807, 2.05) is 13.8 Å². The predicted octanol–water partition coefficient (Wildman–Crippen LogP) is 2.24. The van der Waals surface area contributed by atoms with Crippen molar-refractivity contribution in [2.75, 3.05) is 5.75 Å². The molecule has 0 unspecified atom stereocenters. The monoisotopic (exact) mass is 258 g/mol. The van der Waals surface area contributed by atoms with Crippen LogP contribution in [0.3, 0.4) is 0 Å². The van der Waals surface area contributed by atoms with Gasteiger partial charge in [-0.2, -0.15) is 4.98 Å². The van der Waals surface area contributed by atoms with Crippen LogP contribution >= 0.6 is 0 Å². The molecule has 0 aliphatic rings. The molecular formula is C11H18N2O3S. The molecule has 0 aliphatic carbocycles. The zero-order valence-corrected chi connectivity index (χ0v) is 11.4. The van der Waals surface area contributed by atoms with Crippen LogP contribution in [0.25, 0.3) is 0 Å². The summed E-state index contributed by atoms with van der Waals surface area (Å²) in [4.78, 5) is 4.10. The second-order valence-corrected chi connectivity index (χ2v) is 6.55. The van der Waals surface area contributed by atoms with Crippen LogP contribution in [-0.2, 0) is 9.84 Å². The van der Waals surface area contributed by atoms with E-state index in [2.05, 4.69) is 10.1 Å². The van der Waals surface area contributed by atoms with Gasteiger partial charge in [0.1, 0.15) is 5.25 Å². The highest BCUT2D eigenvalue weighted by Gasteiger charge is 2.27. The van der Waals surface area contributed by atoms with Crippen LogP contribution < -0.4 is 0 Å². The van der Waals surface area contributed by atoms with Gasteiger partial charge in [-0.1, -0.05) is 31.2 Å². The summed E-state index contributed by atoms with van der Waals surface area (Å²) in [6.45, 7) is 7.20. The van der Waals surface area contributed by atoms with Gasteiger partial charge in [-0.15, -0.1) is 0 Å². The van der Waals surface area contributed by atoms with Crippen LogP contribution in [0.4, 0.5) is 0 Å². The molecule has 96 valence electrons. The summed E-state index contributed by atoms with van der Waals surface area (Å²) < 4.78 is 28.8. The fraction of sp³-hybridized carbons (Fsp3) is 0.636. The maximum absolute atomic E-state index is 11.9. The molecule has 0 aliphatic heterocycles. The first-order valence-electron chi connectivity index (χ1n) is 5.54. The van der Waals surface area contributed by atoms with Crippen molar-refractivity contribution in [3.8, 4) is 0 Å². The van der Waals surface area contributed by atoms with Crippen molar-refractivity contribution in [1.82, 2.24) is 10.1 Å². The van der Waals surface area contributed by atoms with Crippen molar-refractivity contribution in [3.63, 3.8) is 0 Å². The molecule has 0 aromatic carbocycles. The summed E-state index contributed by atoms with van der Waals surface area (Å²) in [6, 6.07) is 0. The van der Waals surface area contributed by atoms with Crippen molar-refractivity contribution < 1.29 is 12.9 Å². The fourth-order valence-corrected chi connectivity index (χ4v) is 2.33. The molecule has 1 aromatic heterocycles. The van der Waals surface area contributed by atoms with Gasteiger partial charge in [0.05, 0.1) is 5.75 Å². The lowest BCUT2D eigenvalue weighted by molar-refractivity contribution is 0.369. The summed E-state index contributed by atoms with van der Waals surface area (Å²) in [7, 11) is -3.27. The van der Waals surface area contributed by atoms with Crippen LogP contribution in [0.5, 0.6) is 0 Å². The van der Waals surface area contributed by atoms with Gasteiger partial charge in [0.2, 0.25) is 5.89 Å². The average Bonchev–Trinajstić information content (AvgIpc) is 2.74. The number of nitrogens with zero attached hydrogens (tertiary/aromatic N) is 2. The van der Waals surface area contributed by atoms with Crippen LogP contribution in [0.15, 0.2) is 16.7 Å². The number of aromatic nitrogens is 2. The molecule has 0 amide bonds. The lowest BCUT2D eigenvalue weighted by atomic mass is 10.2. The number of sulfone groups is 1. The van der Waals surface area contributed by atoms with Crippen molar-refractivity contribution in [2.24, 2.45) is 0 Å². The Morgan fingerprint density at radius 3 is 2.47 bits per heavy atom. The normalized spacial score (nSPS) is 14.6. The van der Waals surface area contributed by atoms with Crippen molar-refractivity contribution >= 4 is 9.84 Å². The fourth-order valence-electron chi connectivity index (χ4n) is 1.18. The van der Waals surface area contributed by atoms with E-state index in [1.165, 1.54) is 0 Å². The molecule has 6 heteroatoms. The molecule has 1 heterocycles. The standard InChI is InChI=1S/C11H18N2O3S/c1-5-6-7-17(14,15)9(4)11-12-10(8(2)3)13-16-11/h5-6,8-9H,7H2,1-4H3/b6-5+/t9-/m0/s1. The first kappa shape index (κ1) is 13.9. The summed E-state index contributed by atoms with van der Waals surface area (Å²) in [6.07, 6.45) is 3.31. The number of hydrogen-bond acceptors (Lipinski definition) is 5. The van der Waals surface area contributed by atoms with Crippen LogP contribution in [0.1, 0.15) is 50.6 Å². The minimum Gasteiger partial charge on any atom is -0.338 e. The third kappa shape index (κ3) is 3.39. The largest absolute Gasteiger partial charge is 0.338 e. The summed E-state index contributed by atoms with van der Waals surface area (Å²) in [5.74, 6) is 0.813. The molecule has 0 bridgehead atoms. The predicted molar refractivity (Wildman–Crippen MR) is 65.4 cm³/mol. The van der Waals surface area contributed by atoms with E-state index in [1.54, 1.807) is 26.0 Å². The second kappa shape index (κ2) is 5.44. The molecule has 1 rings (SSSR count). The second-order valence-electron chi connectivity index (χ2n) is 4.19. The zero-order valence-electron chi connectivity index (χ0n) is 10.5. The molecule has 0 saturated carbocycles. The highest BCUT2D eigenvalue weighted by Crippen LogP contribution is 2.22. The third-order valence-electron chi connectivity index (χ3n) is 2.42. The lowest BCUT2D eigenvalue weighted by Gasteiger charge is -2.05. The van der Waals surface area contributed by atoms with E-state index in [0.29, 0.717) is 5.82 Å². The van der Waals surface area contributed by atoms with Gasteiger partial charge in [-0.25, -0.2) is 8.42 Å². The Hall–Kier alpha value is -1.17. The van der Waals surface area contributed by atoms with Crippen LogP contribution in [0, 0.1) is 0 Å². The molecule has 0 fully saturated rings. The first-order valence-corrected chi connectivity index (χ1v) is 7.26. The molecule has 1 atom stereocenters. The summed E-state index contributed by atoms with van der Waals surface area (Å²) in [5.41, 5.74) is 0. The van der Waals surface area contributed by atoms with E-state index in [4.69, 9.17) is 4.52 Å². The molecule has 0 N–H and O–H groups in total. The minimum absolute atomic E-state index is 0.00986. The highest BCUT2D eigenvalue weighted by atomic mass is 32.2.